The maximum Gasteiger partial charge on any atom is 0.165 e. The summed E-state index contributed by atoms with van der Waals surface area (Å²) in [7, 11) is 2.96. The van der Waals surface area contributed by atoms with Gasteiger partial charge in [-0.15, -0.1) is 0 Å². The van der Waals surface area contributed by atoms with E-state index >= 15 is 0 Å². The van der Waals surface area contributed by atoms with Gasteiger partial charge in [-0.05, 0) is 35.4 Å². The quantitative estimate of drug-likeness (QED) is 0.922. The van der Waals surface area contributed by atoms with Crippen molar-refractivity contribution in [3.8, 4) is 11.5 Å². The maximum atomic E-state index is 13.4. The number of ether oxygens (including phenoxy) is 2. The zero-order valence-corrected chi connectivity index (χ0v) is 12.6. The smallest absolute Gasteiger partial charge is 0.165 e. The number of rotatable bonds is 4. The first-order chi connectivity index (χ1) is 9.56. The summed E-state index contributed by atoms with van der Waals surface area (Å²) in [6, 6.07) is 9.55. The molecule has 0 heterocycles. The molecule has 1 atom stereocenters. The maximum absolute atomic E-state index is 13.4. The topological polar surface area (TPSA) is 38.7 Å². The molecule has 0 saturated carbocycles. The van der Waals surface area contributed by atoms with Crippen molar-refractivity contribution >= 4 is 15.9 Å². The number of aliphatic hydroxyl groups excluding tert-OH is 1. The fourth-order valence-electron chi connectivity index (χ4n) is 1.88. The Balaban J connectivity index is 2.38. The van der Waals surface area contributed by atoms with E-state index < -0.39 is 11.9 Å². The van der Waals surface area contributed by atoms with Crippen molar-refractivity contribution in [1.82, 2.24) is 0 Å². The van der Waals surface area contributed by atoms with E-state index in [1.54, 1.807) is 25.3 Å². The van der Waals surface area contributed by atoms with Gasteiger partial charge in [0.1, 0.15) is 11.9 Å². The van der Waals surface area contributed by atoms with Crippen LogP contribution in [0.15, 0.2) is 40.9 Å². The molecule has 0 amide bonds. The molecule has 0 spiro atoms. The van der Waals surface area contributed by atoms with Crippen molar-refractivity contribution in [2.45, 2.75) is 6.10 Å². The molecule has 1 N–H and O–H groups in total. The highest BCUT2D eigenvalue weighted by Crippen LogP contribution is 2.33. The number of hydrogen-bond donors (Lipinski definition) is 1. The van der Waals surface area contributed by atoms with E-state index in [1.807, 2.05) is 0 Å². The second-order valence-electron chi connectivity index (χ2n) is 4.18. The highest BCUT2D eigenvalue weighted by Gasteiger charge is 2.16. The Kier molecular flexibility index (Phi) is 4.62. The van der Waals surface area contributed by atoms with Gasteiger partial charge in [-0.1, -0.05) is 28.1 Å². The number of aliphatic hydroxyl groups is 1. The van der Waals surface area contributed by atoms with Gasteiger partial charge in [-0.2, -0.15) is 0 Å². The van der Waals surface area contributed by atoms with Crippen LogP contribution in [0.25, 0.3) is 0 Å². The second kappa shape index (κ2) is 6.24. The molecule has 0 aliphatic heterocycles. The summed E-state index contributed by atoms with van der Waals surface area (Å²) < 4.78 is 24.1. The summed E-state index contributed by atoms with van der Waals surface area (Å²) in [6.07, 6.45) is -0.884. The molecular weight excluding hydrogens is 327 g/mol. The first-order valence-electron chi connectivity index (χ1n) is 5.91. The molecule has 20 heavy (non-hydrogen) atoms. The Hall–Kier alpha value is -1.59. The van der Waals surface area contributed by atoms with E-state index in [0.29, 0.717) is 21.3 Å². The summed E-state index contributed by atoms with van der Waals surface area (Å²) in [4.78, 5) is 0. The van der Waals surface area contributed by atoms with Gasteiger partial charge in [0, 0.05) is 4.47 Å². The Morgan fingerprint density at radius 1 is 1.10 bits per heavy atom. The van der Waals surface area contributed by atoms with Gasteiger partial charge in [-0.3, -0.25) is 0 Å². The Bertz CT molecular complexity index is 616. The number of hydrogen-bond acceptors (Lipinski definition) is 3. The highest BCUT2D eigenvalue weighted by molar-refractivity contribution is 9.10. The Labute approximate surface area is 125 Å². The predicted molar refractivity (Wildman–Crippen MR) is 77.7 cm³/mol. The standard InChI is InChI=1S/C15H14BrFO3/c1-19-10-4-5-11(12(16)8-10)15(18)9-3-6-13(17)14(7-9)20-2/h3-8,15,18H,1-2H3. The summed E-state index contributed by atoms with van der Waals surface area (Å²) in [6.45, 7) is 0. The third-order valence-electron chi connectivity index (χ3n) is 2.99. The minimum Gasteiger partial charge on any atom is -0.497 e. The highest BCUT2D eigenvalue weighted by atomic mass is 79.9. The molecule has 0 saturated heterocycles. The molecule has 1 unspecified atom stereocenters. The molecule has 0 fully saturated rings. The van der Waals surface area contributed by atoms with Gasteiger partial charge >= 0.3 is 0 Å². The molecule has 0 aromatic heterocycles. The van der Waals surface area contributed by atoms with Gasteiger partial charge in [0.2, 0.25) is 0 Å². The first-order valence-corrected chi connectivity index (χ1v) is 6.71. The lowest BCUT2D eigenvalue weighted by Crippen LogP contribution is -2.02. The lowest BCUT2D eigenvalue weighted by atomic mass is 10.0. The van der Waals surface area contributed by atoms with Crippen LogP contribution in [-0.4, -0.2) is 19.3 Å². The number of benzene rings is 2. The minimum absolute atomic E-state index is 0.103. The van der Waals surface area contributed by atoms with E-state index in [9.17, 15) is 9.50 Å². The van der Waals surface area contributed by atoms with E-state index in [4.69, 9.17) is 9.47 Å². The molecule has 0 aliphatic carbocycles. The third-order valence-corrected chi connectivity index (χ3v) is 3.68. The zero-order chi connectivity index (χ0) is 14.7. The summed E-state index contributed by atoms with van der Waals surface area (Å²) in [5, 5.41) is 10.4. The molecule has 0 radical (unpaired) electrons. The van der Waals surface area contributed by atoms with E-state index in [-0.39, 0.29) is 5.75 Å². The molecule has 3 nitrogen and oxygen atoms in total. The van der Waals surface area contributed by atoms with E-state index in [2.05, 4.69) is 15.9 Å². The molecule has 0 aliphatic rings. The lowest BCUT2D eigenvalue weighted by molar-refractivity contribution is 0.218. The zero-order valence-electron chi connectivity index (χ0n) is 11.1. The van der Waals surface area contributed by atoms with Gasteiger partial charge in [0.05, 0.1) is 14.2 Å². The van der Waals surface area contributed by atoms with Crippen molar-refractivity contribution in [2.75, 3.05) is 14.2 Å². The normalized spacial score (nSPS) is 12.1. The largest absolute Gasteiger partial charge is 0.497 e. The first kappa shape index (κ1) is 14.8. The fourth-order valence-corrected chi connectivity index (χ4v) is 2.46. The fraction of sp³-hybridized carbons (Fsp3) is 0.200. The van der Waals surface area contributed by atoms with Gasteiger partial charge < -0.3 is 14.6 Å². The predicted octanol–water partition coefficient (Wildman–Crippen LogP) is 3.69. The Morgan fingerprint density at radius 3 is 2.45 bits per heavy atom. The lowest BCUT2D eigenvalue weighted by Gasteiger charge is -2.15. The third kappa shape index (κ3) is 2.94. The second-order valence-corrected chi connectivity index (χ2v) is 5.04. The Morgan fingerprint density at radius 2 is 1.85 bits per heavy atom. The molecular formula is C15H14BrFO3. The molecule has 2 rings (SSSR count). The molecule has 5 heteroatoms. The van der Waals surface area contributed by atoms with Crippen LogP contribution in [0.2, 0.25) is 0 Å². The molecule has 0 bridgehead atoms. The van der Waals surface area contributed by atoms with Gasteiger partial charge in [0.15, 0.2) is 11.6 Å². The van der Waals surface area contributed by atoms with Gasteiger partial charge in [0.25, 0.3) is 0 Å². The summed E-state index contributed by atoms with van der Waals surface area (Å²) >= 11 is 3.39. The van der Waals surface area contributed by atoms with E-state index in [1.165, 1.54) is 25.3 Å². The van der Waals surface area contributed by atoms with Crippen LogP contribution in [0.5, 0.6) is 11.5 Å². The summed E-state index contributed by atoms with van der Waals surface area (Å²) in [5.74, 6) is 0.327. The number of halogens is 2. The monoisotopic (exact) mass is 340 g/mol. The van der Waals surface area contributed by atoms with Crippen molar-refractivity contribution in [3.05, 3.63) is 57.8 Å². The van der Waals surface area contributed by atoms with Crippen LogP contribution < -0.4 is 9.47 Å². The van der Waals surface area contributed by atoms with Gasteiger partial charge in [-0.25, -0.2) is 4.39 Å². The number of methoxy groups -OCH3 is 2. The van der Waals surface area contributed by atoms with Crippen LogP contribution in [0.1, 0.15) is 17.2 Å². The van der Waals surface area contributed by atoms with Crippen LogP contribution >= 0.6 is 15.9 Å². The van der Waals surface area contributed by atoms with Crippen LogP contribution in [-0.2, 0) is 0 Å². The van der Waals surface area contributed by atoms with Crippen LogP contribution in [0, 0.1) is 5.82 Å². The van der Waals surface area contributed by atoms with Crippen LogP contribution in [0.4, 0.5) is 4.39 Å². The molecule has 2 aromatic rings. The molecule has 2 aromatic carbocycles. The van der Waals surface area contributed by atoms with E-state index in [0.717, 1.165) is 0 Å². The van der Waals surface area contributed by atoms with Crippen molar-refractivity contribution in [3.63, 3.8) is 0 Å². The molecule has 106 valence electrons. The van der Waals surface area contributed by atoms with Crippen molar-refractivity contribution in [2.24, 2.45) is 0 Å². The average Bonchev–Trinajstić information content (AvgIpc) is 2.47. The summed E-state index contributed by atoms with van der Waals surface area (Å²) in [5.41, 5.74) is 1.22. The van der Waals surface area contributed by atoms with Crippen molar-refractivity contribution in [1.29, 1.82) is 0 Å². The average molecular weight is 341 g/mol. The van der Waals surface area contributed by atoms with Crippen molar-refractivity contribution < 1.29 is 19.0 Å². The minimum atomic E-state index is -0.884. The SMILES string of the molecule is COc1ccc(C(O)c2ccc(F)c(OC)c2)c(Br)c1. The van der Waals surface area contributed by atoms with Crippen LogP contribution in [0.3, 0.4) is 0 Å².